The van der Waals surface area contributed by atoms with Gasteiger partial charge in [-0.05, 0) is 35.1 Å². The minimum atomic E-state index is -0.817. The average molecular weight is 284 g/mol. The molecule has 0 spiro atoms. The molecule has 0 aliphatic heterocycles. The van der Waals surface area contributed by atoms with Gasteiger partial charge >= 0.3 is 0 Å². The van der Waals surface area contributed by atoms with Gasteiger partial charge in [0, 0.05) is 5.92 Å². The maximum atomic E-state index is 10.8. The molecule has 0 amide bonds. The molecule has 2 aromatic rings. The molecule has 3 heteroatoms. The first-order chi connectivity index (χ1) is 10.2. The molecule has 0 saturated carbocycles. The molecule has 110 valence electrons. The fourth-order valence-electron chi connectivity index (χ4n) is 3.26. The van der Waals surface area contributed by atoms with E-state index in [1.165, 1.54) is 5.56 Å². The lowest BCUT2D eigenvalue weighted by atomic mass is 9.85. The van der Waals surface area contributed by atoms with Gasteiger partial charge in [0.05, 0.1) is 18.8 Å². The Morgan fingerprint density at radius 3 is 2.19 bits per heavy atom. The van der Waals surface area contributed by atoms with E-state index in [2.05, 4.69) is 6.07 Å². The summed E-state index contributed by atoms with van der Waals surface area (Å²) in [4.78, 5) is 0. The molecular formula is C18H20O3. The van der Waals surface area contributed by atoms with Crippen LogP contribution in [-0.4, -0.2) is 28.0 Å². The monoisotopic (exact) mass is 284 g/mol. The summed E-state index contributed by atoms with van der Waals surface area (Å²) in [7, 11) is 0. The van der Waals surface area contributed by atoms with Crippen molar-refractivity contribution in [2.24, 2.45) is 0 Å². The van der Waals surface area contributed by atoms with Crippen molar-refractivity contribution >= 4 is 0 Å². The minimum absolute atomic E-state index is 0.202. The van der Waals surface area contributed by atoms with Gasteiger partial charge in [-0.15, -0.1) is 0 Å². The highest BCUT2D eigenvalue weighted by Gasteiger charge is 2.31. The third-order valence-electron chi connectivity index (χ3n) is 4.33. The number of aliphatic hydroxyl groups excluding tert-OH is 3. The maximum absolute atomic E-state index is 10.8. The largest absolute Gasteiger partial charge is 0.394 e. The normalized spacial score (nSPS) is 22.0. The SMILES string of the molecule is OC[C@H](O)C[C@@H]1c2ccccc2Cc2ccccc2[C@H]1O. The molecule has 21 heavy (non-hydrogen) atoms. The van der Waals surface area contributed by atoms with Crippen LogP contribution in [0.25, 0.3) is 0 Å². The van der Waals surface area contributed by atoms with Crippen molar-refractivity contribution in [3.63, 3.8) is 0 Å². The lowest BCUT2D eigenvalue weighted by Crippen LogP contribution is -2.21. The minimum Gasteiger partial charge on any atom is -0.394 e. The maximum Gasteiger partial charge on any atom is 0.0862 e. The van der Waals surface area contributed by atoms with Crippen LogP contribution in [0.2, 0.25) is 0 Å². The van der Waals surface area contributed by atoms with Crippen LogP contribution in [0.15, 0.2) is 48.5 Å². The molecule has 3 N–H and O–H groups in total. The Kier molecular flexibility index (Phi) is 4.06. The van der Waals surface area contributed by atoms with Crippen molar-refractivity contribution in [2.45, 2.75) is 31.0 Å². The van der Waals surface area contributed by atoms with E-state index < -0.39 is 12.2 Å². The van der Waals surface area contributed by atoms with Gasteiger partial charge in [-0.25, -0.2) is 0 Å². The van der Waals surface area contributed by atoms with Gasteiger partial charge in [0.25, 0.3) is 0 Å². The first-order valence-electron chi connectivity index (χ1n) is 7.33. The van der Waals surface area contributed by atoms with Crippen LogP contribution in [0.4, 0.5) is 0 Å². The molecule has 3 nitrogen and oxygen atoms in total. The second-order valence-corrected chi connectivity index (χ2v) is 5.70. The van der Waals surface area contributed by atoms with Crippen LogP contribution in [0.1, 0.15) is 40.7 Å². The molecule has 0 bridgehead atoms. The van der Waals surface area contributed by atoms with Gasteiger partial charge in [-0.2, -0.15) is 0 Å². The van der Waals surface area contributed by atoms with Crippen LogP contribution in [0.5, 0.6) is 0 Å². The fourth-order valence-corrected chi connectivity index (χ4v) is 3.26. The summed E-state index contributed by atoms with van der Waals surface area (Å²) in [6.45, 7) is -0.285. The summed E-state index contributed by atoms with van der Waals surface area (Å²) < 4.78 is 0. The zero-order valence-electron chi connectivity index (χ0n) is 11.8. The van der Waals surface area contributed by atoms with E-state index in [0.717, 1.165) is 23.1 Å². The third-order valence-corrected chi connectivity index (χ3v) is 4.33. The van der Waals surface area contributed by atoms with Crippen molar-refractivity contribution in [1.29, 1.82) is 0 Å². The predicted octanol–water partition coefficient (Wildman–Crippen LogP) is 2.15. The average Bonchev–Trinajstić information content (AvgIpc) is 2.63. The number of hydrogen-bond donors (Lipinski definition) is 3. The first kappa shape index (κ1) is 14.3. The number of fused-ring (bicyclic) bond motifs is 2. The first-order valence-corrected chi connectivity index (χ1v) is 7.33. The second kappa shape index (κ2) is 5.98. The van der Waals surface area contributed by atoms with Gasteiger partial charge in [0.2, 0.25) is 0 Å². The molecule has 3 rings (SSSR count). The highest BCUT2D eigenvalue weighted by atomic mass is 16.3. The molecule has 1 aliphatic carbocycles. The number of benzene rings is 2. The quantitative estimate of drug-likeness (QED) is 0.809. The molecule has 0 fully saturated rings. The molecule has 0 saturated heterocycles. The van der Waals surface area contributed by atoms with Crippen molar-refractivity contribution in [3.8, 4) is 0 Å². The van der Waals surface area contributed by atoms with E-state index in [1.54, 1.807) is 0 Å². The van der Waals surface area contributed by atoms with Gasteiger partial charge in [-0.3, -0.25) is 0 Å². The van der Waals surface area contributed by atoms with Crippen molar-refractivity contribution < 1.29 is 15.3 Å². The fraction of sp³-hybridized carbons (Fsp3) is 0.333. The summed E-state index contributed by atoms with van der Waals surface area (Å²) in [5, 5.41) is 29.8. The second-order valence-electron chi connectivity index (χ2n) is 5.70. The Bertz CT molecular complexity index is 623. The van der Waals surface area contributed by atoms with Crippen LogP contribution in [0.3, 0.4) is 0 Å². The molecule has 0 radical (unpaired) electrons. The summed E-state index contributed by atoms with van der Waals surface area (Å²) in [6.07, 6.45) is -0.341. The van der Waals surface area contributed by atoms with Gasteiger partial charge in [-0.1, -0.05) is 48.5 Å². The molecule has 0 aromatic heterocycles. The van der Waals surface area contributed by atoms with E-state index in [4.69, 9.17) is 5.11 Å². The van der Waals surface area contributed by atoms with Crippen molar-refractivity contribution in [3.05, 3.63) is 70.8 Å². The van der Waals surface area contributed by atoms with Crippen molar-refractivity contribution in [1.82, 2.24) is 0 Å². The van der Waals surface area contributed by atoms with Gasteiger partial charge in [0.1, 0.15) is 0 Å². The standard InChI is InChI=1S/C18H20O3/c19-11-14(20)10-17-15-7-3-1-5-12(15)9-13-6-2-4-8-16(13)18(17)21/h1-8,14,17-21H,9-11H2/t14-,17-,18-/m1/s1. The highest BCUT2D eigenvalue weighted by molar-refractivity contribution is 5.44. The lowest BCUT2D eigenvalue weighted by Gasteiger charge is -2.25. The van der Waals surface area contributed by atoms with Crippen molar-refractivity contribution in [2.75, 3.05) is 6.61 Å². The summed E-state index contributed by atoms with van der Waals surface area (Å²) in [5.41, 5.74) is 4.28. The van der Waals surface area contributed by atoms with Crippen LogP contribution >= 0.6 is 0 Å². The molecule has 1 aliphatic rings. The Morgan fingerprint density at radius 2 is 1.52 bits per heavy atom. The Morgan fingerprint density at radius 1 is 0.952 bits per heavy atom. The predicted molar refractivity (Wildman–Crippen MR) is 81.1 cm³/mol. The topological polar surface area (TPSA) is 60.7 Å². The Labute approximate surface area is 124 Å². The van der Waals surface area contributed by atoms with E-state index in [1.807, 2.05) is 42.5 Å². The molecule has 2 aromatic carbocycles. The van der Waals surface area contributed by atoms with E-state index in [-0.39, 0.29) is 12.5 Å². The Balaban J connectivity index is 2.09. The molecule has 0 heterocycles. The highest BCUT2D eigenvalue weighted by Crippen LogP contribution is 2.41. The summed E-state index contributed by atoms with van der Waals surface area (Å²) in [5.74, 6) is -0.202. The van der Waals surface area contributed by atoms with Gasteiger partial charge in [0.15, 0.2) is 0 Å². The summed E-state index contributed by atoms with van der Waals surface area (Å²) in [6, 6.07) is 15.9. The number of aliphatic hydroxyl groups is 3. The van der Waals surface area contributed by atoms with Crippen LogP contribution < -0.4 is 0 Å². The zero-order chi connectivity index (χ0) is 14.8. The molecular weight excluding hydrogens is 264 g/mol. The zero-order valence-corrected chi connectivity index (χ0v) is 11.8. The summed E-state index contributed by atoms with van der Waals surface area (Å²) >= 11 is 0. The van der Waals surface area contributed by atoms with Crippen LogP contribution in [0, 0.1) is 0 Å². The number of rotatable bonds is 3. The van der Waals surface area contributed by atoms with Crippen LogP contribution in [-0.2, 0) is 6.42 Å². The third kappa shape index (κ3) is 2.72. The van der Waals surface area contributed by atoms with E-state index >= 15 is 0 Å². The van der Waals surface area contributed by atoms with E-state index in [0.29, 0.717) is 6.42 Å². The number of hydrogen-bond acceptors (Lipinski definition) is 3. The smallest absolute Gasteiger partial charge is 0.0862 e. The lowest BCUT2D eigenvalue weighted by molar-refractivity contribution is 0.0561. The molecule has 0 unspecified atom stereocenters. The van der Waals surface area contributed by atoms with E-state index in [9.17, 15) is 10.2 Å². The van der Waals surface area contributed by atoms with Gasteiger partial charge < -0.3 is 15.3 Å². The molecule has 3 atom stereocenters. The Hall–Kier alpha value is -1.68.